The number of piperidine rings is 1. The van der Waals surface area contributed by atoms with Crippen molar-refractivity contribution in [1.29, 1.82) is 0 Å². The number of hydrogen-bond acceptors (Lipinski definition) is 5. The first-order chi connectivity index (χ1) is 21.4. The number of carbonyl (C=O) groups excluding carboxylic acids is 1. The van der Waals surface area contributed by atoms with Gasteiger partial charge in [-0.05, 0) is 37.8 Å². The lowest BCUT2D eigenvalue weighted by molar-refractivity contribution is -0.160. The summed E-state index contributed by atoms with van der Waals surface area (Å²) < 4.78 is 30.6. The number of halogens is 3. The first-order valence-corrected chi connectivity index (χ1v) is 15.7. The van der Waals surface area contributed by atoms with Gasteiger partial charge < -0.3 is 14.9 Å². The first-order valence-electron chi connectivity index (χ1n) is 15.7. The average Bonchev–Trinajstić information content (AvgIpc) is 3.84. The lowest BCUT2D eigenvalue weighted by atomic mass is 9.79. The van der Waals surface area contributed by atoms with Crippen molar-refractivity contribution < 1.29 is 13.6 Å². The molecule has 45 heavy (non-hydrogen) atoms. The van der Waals surface area contributed by atoms with Gasteiger partial charge in [-0.25, -0.2) is 28.7 Å². The molecule has 9 rings (SSSR count). The van der Waals surface area contributed by atoms with Crippen molar-refractivity contribution >= 4 is 56.5 Å². The highest BCUT2D eigenvalue weighted by molar-refractivity contribution is 8.93. The Bertz CT molecular complexity index is 1960. The summed E-state index contributed by atoms with van der Waals surface area (Å²) in [5.41, 5.74) is 7.97. The molecule has 1 atom stereocenters. The molecule has 6 aromatic heterocycles. The molecule has 1 saturated heterocycles. The van der Waals surface area contributed by atoms with Gasteiger partial charge in [-0.2, -0.15) is 0 Å². The van der Waals surface area contributed by atoms with Crippen LogP contribution < -0.4 is 0 Å². The molecule has 1 aliphatic heterocycles. The number of imidazole rings is 2. The standard InChI is InChI=1S/C18H19F2N5O.C14H16N4.BrH/c19-18(20)6-12(7-18)17(26)24-5-1-2-11(10-24)14-8-22-15-9-23-16-13(25(14)15)3-4-21-16;1-2-4-10(5-3-1)12-8-16-13-9-17-14-11(18(12)13)6-7-15-14;/h3-4,8-9,11-12,21H,1-2,5-7,10H2;6-10,15H,1-5H2;1H/t11-;;/m1../s1. The van der Waals surface area contributed by atoms with Crippen molar-refractivity contribution in [3.8, 4) is 0 Å². The normalized spacial score (nSPS) is 20.7. The molecule has 0 radical (unpaired) electrons. The minimum absolute atomic E-state index is 0. The molecule has 0 bridgehead atoms. The van der Waals surface area contributed by atoms with Gasteiger partial charge in [0.1, 0.15) is 0 Å². The summed E-state index contributed by atoms with van der Waals surface area (Å²) in [5, 5.41) is 0. The van der Waals surface area contributed by atoms with E-state index in [9.17, 15) is 13.6 Å². The van der Waals surface area contributed by atoms with Gasteiger partial charge in [-0.1, -0.05) is 19.3 Å². The van der Waals surface area contributed by atoms with E-state index in [-0.39, 0.29) is 41.6 Å². The van der Waals surface area contributed by atoms with Crippen LogP contribution in [-0.4, -0.2) is 68.5 Å². The van der Waals surface area contributed by atoms with Crippen LogP contribution in [0.3, 0.4) is 0 Å². The van der Waals surface area contributed by atoms with Crippen LogP contribution in [0.4, 0.5) is 8.78 Å². The molecule has 3 aliphatic rings. The molecule has 13 heteroatoms. The van der Waals surface area contributed by atoms with Gasteiger partial charge in [-0.15, -0.1) is 17.0 Å². The lowest BCUT2D eigenvalue weighted by Crippen LogP contribution is -2.49. The van der Waals surface area contributed by atoms with E-state index in [1.54, 1.807) is 11.1 Å². The summed E-state index contributed by atoms with van der Waals surface area (Å²) in [5.74, 6) is -2.50. The molecular formula is C32H36BrF2N9O. The molecule has 1 amide bonds. The van der Waals surface area contributed by atoms with E-state index in [0.717, 1.165) is 52.2 Å². The quantitative estimate of drug-likeness (QED) is 0.214. The van der Waals surface area contributed by atoms with E-state index < -0.39 is 11.8 Å². The molecule has 0 aromatic carbocycles. The minimum Gasteiger partial charge on any atom is -0.345 e. The van der Waals surface area contributed by atoms with E-state index in [0.29, 0.717) is 19.0 Å². The third kappa shape index (κ3) is 5.38. The van der Waals surface area contributed by atoms with E-state index in [1.165, 1.54) is 37.8 Å². The highest BCUT2D eigenvalue weighted by Crippen LogP contribution is 2.44. The lowest BCUT2D eigenvalue weighted by Gasteiger charge is -2.40. The Balaban J connectivity index is 0.000000150. The maximum absolute atomic E-state index is 13.1. The Morgan fingerprint density at radius 2 is 1.31 bits per heavy atom. The van der Waals surface area contributed by atoms with Crippen molar-refractivity contribution in [1.82, 2.24) is 43.6 Å². The molecule has 6 aromatic rings. The third-order valence-electron chi connectivity index (χ3n) is 9.75. The zero-order valence-corrected chi connectivity index (χ0v) is 26.5. The molecule has 7 heterocycles. The number of alkyl halides is 2. The van der Waals surface area contributed by atoms with Crippen molar-refractivity contribution in [2.75, 3.05) is 13.1 Å². The Labute approximate surface area is 268 Å². The van der Waals surface area contributed by atoms with Gasteiger partial charge >= 0.3 is 0 Å². The highest BCUT2D eigenvalue weighted by Gasteiger charge is 2.50. The Hall–Kier alpha value is -3.87. The summed E-state index contributed by atoms with van der Waals surface area (Å²) in [6.07, 6.45) is 19.1. The fraction of sp³-hybridized carbons (Fsp3) is 0.469. The van der Waals surface area contributed by atoms with Crippen LogP contribution in [0.1, 0.15) is 81.0 Å². The van der Waals surface area contributed by atoms with E-state index in [2.05, 4.69) is 44.8 Å². The topological polar surface area (TPSA) is 112 Å². The van der Waals surface area contributed by atoms with Crippen molar-refractivity contribution in [3.05, 3.63) is 60.7 Å². The second-order valence-electron chi connectivity index (χ2n) is 12.6. The van der Waals surface area contributed by atoms with Gasteiger partial charge in [0.15, 0.2) is 22.6 Å². The van der Waals surface area contributed by atoms with Crippen molar-refractivity contribution in [2.24, 2.45) is 5.92 Å². The number of amides is 1. The van der Waals surface area contributed by atoms with Crippen LogP contribution in [0, 0.1) is 5.92 Å². The van der Waals surface area contributed by atoms with Crippen LogP contribution in [0.25, 0.3) is 33.6 Å². The van der Waals surface area contributed by atoms with Crippen LogP contribution in [0.5, 0.6) is 0 Å². The zero-order chi connectivity index (χ0) is 29.8. The molecule has 2 aliphatic carbocycles. The third-order valence-corrected chi connectivity index (χ3v) is 9.75. The number of rotatable bonds is 3. The number of nitrogens with zero attached hydrogens (tertiary/aromatic N) is 7. The summed E-state index contributed by atoms with van der Waals surface area (Å²) in [6.45, 7) is 1.21. The summed E-state index contributed by atoms with van der Waals surface area (Å²) in [7, 11) is 0. The number of aromatic nitrogens is 8. The van der Waals surface area contributed by atoms with Crippen LogP contribution in [-0.2, 0) is 4.79 Å². The molecular weight excluding hydrogens is 644 g/mol. The van der Waals surface area contributed by atoms with Crippen LogP contribution >= 0.6 is 17.0 Å². The SMILES string of the molecule is Br.O=C(C1CC(F)(F)C1)N1CCC[C@@H](c2cnc3cnc4[nH]ccc4n23)C1.c1cc2c(ncc3ncc(C4CCCCC4)n32)[nH]1. The number of carbonyl (C=O) groups is 1. The smallest absolute Gasteiger partial charge is 0.249 e. The number of likely N-dealkylation sites (tertiary alicyclic amines) is 1. The summed E-state index contributed by atoms with van der Waals surface area (Å²) >= 11 is 0. The van der Waals surface area contributed by atoms with Crippen molar-refractivity contribution in [2.45, 2.75) is 75.5 Å². The Kier molecular flexibility index (Phi) is 7.83. The zero-order valence-electron chi connectivity index (χ0n) is 24.8. The molecule has 0 spiro atoms. The Morgan fingerprint density at radius 1 is 0.756 bits per heavy atom. The van der Waals surface area contributed by atoms with Crippen molar-refractivity contribution in [3.63, 3.8) is 0 Å². The molecule has 0 unspecified atom stereocenters. The van der Waals surface area contributed by atoms with E-state index in [4.69, 9.17) is 0 Å². The molecule has 236 valence electrons. The largest absolute Gasteiger partial charge is 0.345 e. The van der Waals surface area contributed by atoms with Gasteiger partial charge in [-0.3, -0.25) is 13.6 Å². The summed E-state index contributed by atoms with van der Waals surface area (Å²) in [4.78, 5) is 38.3. The molecule has 2 saturated carbocycles. The predicted molar refractivity (Wildman–Crippen MR) is 172 cm³/mol. The Morgan fingerprint density at radius 3 is 1.89 bits per heavy atom. The first kappa shape index (κ1) is 29.8. The minimum atomic E-state index is -2.66. The summed E-state index contributed by atoms with van der Waals surface area (Å²) in [6, 6.07) is 4.05. The number of aromatic amines is 2. The maximum atomic E-state index is 13.1. The van der Waals surface area contributed by atoms with Gasteiger partial charge in [0, 0.05) is 79.9 Å². The average molecular weight is 681 g/mol. The van der Waals surface area contributed by atoms with E-state index in [1.807, 2.05) is 37.1 Å². The number of H-pyrrole nitrogens is 2. The van der Waals surface area contributed by atoms with Gasteiger partial charge in [0.05, 0.1) is 23.4 Å². The molecule has 2 N–H and O–H groups in total. The van der Waals surface area contributed by atoms with Crippen LogP contribution in [0.15, 0.2) is 49.3 Å². The number of fused-ring (bicyclic) bond motifs is 6. The fourth-order valence-electron chi connectivity index (χ4n) is 7.47. The number of nitrogens with one attached hydrogen (secondary N) is 2. The molecule has 3 fully saturated rings. The predicted octanol–water partition coefficient (Wildman–Crippen LogP) is 6.80. The highest BCUT2D eigenvalue weighted by atomic mass is 79.9. The monoisotopic (exact) mass is 679 g/mol. The second-order valence-corrected chi connectivity index (χ2v) is 12.6. The molecule has 10 nitrogen and oxygen atoms in total. The fourth-order valence-corrected chi connectivity index (χ4v) is 7.47. The van der Waals surface area contributed by atoms with Gasteiger partial charge in [0.25, 0.3) is 0 Å². The maximum Gasteiger partial charge on any atom is 0.249 e. The van der Waals surface area contributed by atoms with E-state index >= 15 is 0 Å². The van der Waals surface area contributed by atoms with Gasteiger partial charge in [0.2, 0.25) is 11.8 Å². The number of hydrogen-bond donors (Lipinski definition) is 2. The van der Waals surface area contributed by atoms with Crippen LogP contribution in [0.2, 0.25) is 0 Å². The second kappa shape index (κ2) is 11.8.